The molecule has 0 aliphatic carbocycles. The molecule has 0 aliphatic rings. The Morgan fingerprint density at radius 1 is 0.552 bits per heavy atom. The first-order valence-electron chi connectivity index (χ1n) is 23.9. The van der Waals surface area contributed by atoms with Gasteiger partial charge in [0.2, 0.25) is 0 Å². The highest BCUT2D eigenvalue weighted by Gasteiger charge is 2.27. The van der Waals surface area contributed by atoms with Crippen molar-refractivity contribution in [2.24, 2.45) is 5.73 Å². The highest BCUT2D eigenvalue weighted by molar-refractivity contribution is 7.47. The number of phosphoric ester groups is 1. The lowest BCUT2D eigenvalue weighted by Crippen LogP contribution is -2.34. The van der Waals surface area contributed by atoms with Crippen molar-refractivity contribution in [3.63, 3.8) is 0 Å². The maximum atomic E-state index is 12.6. The molecule has 58 heavy (non-hydrogen) atoms. The molecule has 0 spiro atoms. The Bertz CT molecular complexity index is 1020. The molecule has 342 valence electrons. The molecule has 0 aromatic heterocycles. The fourth-order valence-electron chi connectivity index (χ4n) is 6.75. The number of phosphoric acid groups is 1. The quantitative estimate of drug-likeness (QED) is 0.0233. The summed E-state index contributed by atoms with van der Waals surface area (Å²) in [7, 11) is -4.61. The Balaban J connectivity index is 4.07. The van der Waals surface area contributed by atoms with Gasteiger partial charge >= 0.3 is 19.8 Å². The van der Waals surface area contributed by atoms with E-state index in [4.69, 9.17) is 29.4 Å². The van der Waals surface area contributed by atoms with E-state index in [2.05, 4.69) is 38.2 Å². The molecule has 0 heterocycles. The van der Waals surface area contributed by atoms with E-state index in [9.17, 15) is 19.0 Å². The van der Waals surface area contributed by atoms with Crippen LogP contribution < -0.4 is 5.73 Å². The van der Waals surface area contributed by atoms with Crippen LogP contribution >= 0.6 is 7.82 Å². The molecule has 0 fully saturated rings. The minimum atomic E-state index is -4.61. The molecule has 0 aromatic carbocycles. The van der Waals surface area contributed by atoms with E-state index in [-0.39, 0.29) is 13.0 Å². The SMILES string of the molecule is CCCCCCC/C=C\C/C=C\CCCCCCCCCCCCCCOCC(COP(=O)(O)OCC(N)C(=O)O)OC(=O)CCCCCCCCCCCCCC. The second-order valence-corrected chi connectivity index (χ2v) is 17.7. The first kappa shape index (κ1) is 56.5. The third-order valence-corrected chi connectivity index (χ3v) is 11.4. The van der Waals surface area contributed by atoms with E-state index in [1.54, 1.807) is 0 Å². The minimum Gasteiger partial charge on any atom is -0.480 e. The van der Waals surface area contributed by atoms with Crippen LogP contribution in [0.3, 0.4) is 0 Å². The lowest BCUT2D eigenvalue weighted by atomic mass is 10.0. The molecule has 0 bridgehead atoms. The molecular weight excluding hydrogens is 753 g/mol. The van der Waals surface area contributed by atoms with Crippen molar-refractivity contribution >= 4 is 19.8 Å². The van der Waals surface area contributed by atoms with Crippen LogP contribution in [-0.4, -0.2) is 60.5 Å². The summed E-state index contributed by atoms with van der Waals surface area (Å²) in [5.74, 6) is -1.77. The number of carboxylic acids is 1. The van der Waals surface area contributed by atoms with Crippen LogP contribution in [0.15, 0.2) is 24.3 Å². The van der Waals surface area contributed by atoms with Crippen LogP contribution in [0, 0.1) is 0 Å². The smallest absolute Gasteiger partial charge is 0.472 e. The zero-order valence-electron chi connectivity index (χ0n) is 37.4. The molecule has 3 atom stereocenters. The Labute approximate surface area is 355 Å². The molecule has 0 aromatic rings. The fourth-order valence-corrected chi connectivity index (χ4v) is 7.53. The minimum absolute atomic E-state index is 0.0203. The number of esters is 1. The number of unbranched alkanes of at least 4 members (excludes halogenated alkanes) is 28. The largest absolute Gasteiger partial charge is 0.480 e. The number of rotatable bonds is 46. The van der Waals surface area contributed by atoms with E-state index in [0.717, 1.165) is 44.9 Å². The highest BCUT2D eigenvalue weighted by atomic mass is 31.2. The number of hydrogen-bond acceptors (Lipinski definition) is 8. The molecule has 10 nitrogen and oxygen atoms in total. The van der Waals surface area contributed by atoms with Gasteiger partial charge in [0.15, 0.2) is 0 Å². The summed E-state index contributed by atoms with van der Waals surface area (Å²) in [5, 5.41) is 8.90. The van der Waals surface area contributed by atoms with Gasteiger partial charge in [-0.05, 0) is 44.9 Å². The van der Waals surface area contributed by atoms with Crippen molar-refractivity contribution in [1.82, 2.24) is 0 Å². The molecule has 0 saturated heterocycles. The maximum Gasteiger partial charge on any atom is 0.472 e. The second-order valence-electron chi connectivity index (χ2n) is 16.2. The van der Waals surface area contributed by atoms with Gasteiger partial charge in [-0.25, -0.2) is 4.57 Å². The van der Waals surface area contributed by atoms with Crippen molar-refractivity contribution in [2.75, 3.05) is 26.4 Å². The number of hydrogen-bond donors (Lipinski definition) is 3. The zero-order chi connectivity index (χ0) is 42.6. The molecule has 0 aliphatic heterocycles. The lowest BCUT2D eigenvalue weighted by molar-refractivity contribution is -0.154. The van der Waals surface area contributed by atoms with Crippen molar-refractivity contribution < 1.29 is 42.7 Å². The van der Waals surface area contributed by atoms with Crippen LogP contribution in [0.1, 0.15) is 226 Å². The van der Waals surface area contributed by atoms with Gasteiger partial charge in [0.05, 0.1) is 19.8 Å². The number of carbonyl (C=O) groups is 2. The molecule has 4 N–H and O–H groups in total. The van der Waals surface area contributed by atoms with Gasteiger partial charge in [-0.15, -0.1) is 0 Å². The van der Waals surface area contributed by atoms with E-state index >= 15 is 0 Å². The molecular formula is C47H90NO9P. The topological polar surface area (TPSA) is 155 Å². The number of carbonyl (C=O) groups excluding carboxylic acids is 1. The van der Waals surface area contributed by atoms with Gasteiger partial charge in [-0.1, -0.05) is 199 Å². The van der Waals surface area contributed by atoms with Crippen LogP contribution in [0.4, 0.5) is 0 Å². The number of carboxylic acid groups (broad SMARTS) is 1. The van der Waals surface area contributed by atoms with Crippen LogP contribution in [0.25, 0.3) is 0 Å². The Hall–Kier alpha value is -1.55. The molecule has 11 heteroatoms. The van der Waals surface area contributed by atoms with Gasteiger partial charge in [0.25, 0.3) is 0 Å². The molecule has 3 unspecified atom stereocenters. The Morgan fingerprint density at radius 2 is 0.948 bits per heavy atom. The highest BCUT2D eigenvalue weighted by Crippen LogP contribution is 2.43. The van der Waals surface area contributed by atoms with E-state index in [1.165, 1.54) is 161 Å². The van der Waals surface area contributed by atoms with Gasteiger partial charge < -0.3 is 25.2 Å². The maximum absolute atomic E-state index is 12.6. The van der Waals surface area contributed by atoms with Crippen molar-refractivity contribution in [3.8, 4) is 0 Å². The molecule has 0 amide bonds. The van der Waals surface area contributed by atoms with E-state index in [1.807, 2.05) is 0 Å². The van der Waals surface area contributed by atoms with E-state index < -0.39 is 45.1 Å². The van der Waals surface area contributed by atoms with Crippen molar-refractivity contribution in [3.05, 3.63) is 24.3 Å². The van der Waals surface area contributed by atoms with Gasteiger partial charge in [-0.3, -0.25) is 18.6 Å². The van der Waals surface area contributed by atoms with Crippen LogP contribution in [0.5, 0.6) is 0 Å². The summed E-state index contributed by atoms with van der Waals surface area (Å²) < 4.78 is 33.4. The molecule has 0 saturated carbocycles. The fraction of sp³-hybridized carbons (Fsp3) is 0.872. The van der Waals surface area contributed by atoms with Crippen molar-refractivity contribution in [2.45, 2.75) is 238 Å². The zero-order valence-corrected chi connectivity index (χ0v) is 38.3. The first-order valence-corrected chi connectivity index (χ1v) is 25.4. The molecule has 0 radical (unpaired) electrons. The van der Waals surface area contributed by atoms with Gasteiger partial charge in [-0.2, -0.15) is 0 Å². The number of ether oxygens (including phenoxy) is 2. The van der Waals surface area contributed by atoms with E-state index in [0.29, 0.717) is 6.61 Å². The van der Waals surface area contributed by atoms with Gasteiger partial charge in [0.1, 0.15) is 12.1 Å². The number of aliphatic carboxylic acids is 1. The van der Waals surface area contributed by atoms with Gasteiger partial charge in [0, 0.05) is 13.0 Å². The monoisotopic (exact) mass is 844 g/mol. The first-order chi connectivity index (χ1) is 28.2. The summed E-state index contributed by atoms with van der Waals surface area (Å²) in [6.45, 7) is 3.89. The predicted octanol–water partition coefficient (Wildman–Crippen LogP) is 13.5. The lowest BCUT2D eigenvalue weighted by Gasteiger charge is -2.20. The predicted molar refractivity (Wildman–Crippen MR) is 240 cm³/mol. The normalized spacial score (nSPS) is 14.0. The van der Waals surface area contributed by atoms with Crippen LogP contribution in [0.2, 0.25) is 0 Å². The summed E-state index contributed by atoms with van der Waals surface area (Å²) >= 11 is 0. The number of nitrogens with two attached hydrogens (primary N) is 1. The Kier molecular flexibility index (Phi) is 42.4. The Morgan fingerprint density at radius 3 is 1.40 bits per heavy atom. The standard InChI is InChI=1S/C47H90NO9P/c1-3-5-7-9-11-13-15-17-18-19-20-21-22-23-24-25-26-27-28-30-32-34-36-38-40-54-41-44(42-55-58(52,53)56-43-45(48)47(50)51)57-46(49)39-37-35-33-31-29-16-14-12-10-8-6-4-2/h15,17,19-20,44-45H,3-14,16,18,21-43,48H2,1-2H3,(H,50,51)(H,52,53)/b17-15-,20-19-. The summed E-state index contributed by atoms with van der Waals surface area (Å²) in [5.41, 5.74) is 5.36. The van der Waals surface area contributed by atoms with Crippen LogP contribution in [-0.2, 0) is 32.7 Å². The average molecular weight is 844 g/mol. The summed E-state index contributed by atoms with van der Waals surface area (Å²) in [6, 6.07) is -1.47. The third kappa shape index (κ3) is 42.6. The third-order valence-electron chi connectivity index (χ3n) is 10.5. The van der Waals surface area contributed by atoms with Crippen molar-refractivity contribution in [1.29, 1.82) is 0 Å². The second kappa shape index (κ2) is 43.5. The number of allylic oxidation sites excluding steroid dienone is 4. The summed E-state index contributed by atoms with van der Waals surface area (Å²) in [6.07, 6.45) is 48.1. The molecule has 0 rings (SSSR count). The average Bonchev–Trinajstić information content (AvgIpc) is 3.20. The summed E-state index contributed by atoms with van der Waals surface area (Å²) in [4.78, 5) is 33.5.